The lowest BCUT2D eigenvalue weighted by Crippen LogP contribution is -2.15. The molecule has 0 atom stereocenters. The van der Waals surface area contributed by atoms with Gasteiger partial charge in [-0.15, -0.1) is 0 Å². The third kappa shape index (κ3) is 4.73. The average Bonchev–Trinajstić information content (AvgIpc) is 2.46. The number of aryl methyl sites for hydroxylation is 3. The first-order valence-corrected chi connectivity index (χ1v) is 8.29. The molecule has 0 saturated heterocycles. The van der Waals surface area contributed by atoms with Crippen LogP contribution in [0.4, 0.5) is 5.69 Å². The van der Waals surface area contributed by atoms with E-state index in [2.05, 4.69) is 27.9 Å². The van der Waals surface area contributed by atoms with Gasteiger partial charge in [0.15, 0.2) is 0 Å². The number of hydrogen-bond donors (Lipinski definition) is 1. The predicted molar refractivity (Wildman–Crippen MR) is 98.6 cm³/mol. The topological polar surface area (TPSA) is 38.3 Å². The third-order valence-electron chi connectivity index (χ3n) is 3.39. The summed E-state index contributed by atoms with van der Waals surface area (Å²) in [5.74, 6) is 0.808. The highest BCUT2D eigenvalue weighted by Crippen LogP contribution is 2.20. The van der Waals surface area contributed by atoms with Gasteiger partial charge in [-0.1, -0.05) is 18.2 Å². The zero-order chi connectivity index (χ0) is 16.1. The minimum absolute atomic E-state index is 0.0371. The largest absolute Gasteiger partial charge is 0.493 e. The highest BCUT2D eigenvalue weighted by atomic mass is 127. The summed E-state index contributed by atoms with van der Waals surface area (Å²) in [6.45, 7) is 6.45. The molecule has 22 heavy (non-hydrogen) atoms. The molecule has 0 radical (unpaired) electrons. The van der Waals surface area contributed by atoms with Crippen LogP contribution in [0.2, 0.25) is 0 Å². The molecular formula is C18H20INO2. The Bertz CT molecular complexity index is 683. The highest BCUT2D eigenvalue weighted by molar-refractivity contribution is 14.1. The van der Waals surface area contributed by atoms with Crippen molar-refractivity contribution >= 4 is 34.2 Å². The highest BCUT2D eigenvalue weighted by Gasteiger charge is 2.06. The fourth-order valence-electron chi connectivity index (χ4n) is 2.01. The SMILES string of the molecule is Cc1ccc(C)c(OCCC(=O)Nc2ccc(C)c(I)c2)c1. The lowest BCUT2D eigenvalue weighted by molar-refractivity contribution is -0.116. The molecule has 0 saturated carbocycles. The molecule has 1 N–H and O–H groups in total. The van der Waals surface area contributed by atoms with Gasteiger partial charge >= 0.3 is 0 Å². The number of carbonyl (C=O) groups is 1. The molecule has 2 rings (SSSR count). The van der Waals surface area contributed by atoms with Crippen molar-refractivity contribution in [2.24, 2.45) is 0 Å². The van der Waals surface area contributed by atoms with Crippen molar-refractivity contribution in [3.63, 3.8) is 0 Å². The standard InChI is InChI=1S/C18H20INO2/c1-12-4-5-14(3)17(10-12)22-9-8-18(21)20-15-7-6-13(2)16(19)11-15/h4-7,10-11H,8-9H2,1-3H3,(H,20,21). The molecule has 0 spiro atoms. The number of benzene rings is 2. The number of halogens is 1. The van der Waals surface area contributed by atoms with Crippen LogP contribution < -0.4 is 10.1 Å². The van der Waals surface area contributed by atoms with Crippen molar-refractivity contribution in [2.45, 2.75) is 27.2 Å². The molecule has 0 aliphatic carbocycles. The van der Waals surface area contributed by atoms with E-state index in [0.717, 1.165) is 26.1 Å². The van der Waals surface area contributed by atoms with Gasteiger partial charge in [0.05, 0.1) is 13.0 Å². The van der Waals surface area contributed by atoms with Crippen LogP contribution >= 0.6 is 22.6 Å². The third-order valence-corrected chi connectivity index (χ3v) is 4.55. The molecule has 4 heteroatoms. The molecule has 0 unspecified atom stereocenters. The van der Waals surface area contributed by atoms with Crippen LogP contribution in [-0.2, 0) is 4.79 Å². The first-order chi connectivity index (χ1) is 10.5. The van der Waals surface area contributed by atoms with Gasteiger partial charge in [0.25, 0.3) is 0 Å². The zero-order valence-corrected chi connectivity index (χ0v) is 15.2. The predicted octanol–water partition coefficient (Wildman–Crippen LogP) is 4.62. The van der Waals surface area contributed by atoms with Crippen LogP contribution in [0.1, 0.15) is 23.1 Å². The fourth-order valence-corrected chi connectivity index (χ4v) is 2.53. The molecule has 0 aromatic heterocycles. The summed E-state index contributed by atoms with van der Waals surface area (Å²) < 4.78 is 6.85. The first-order valence-electron chi connectivity index (χ1n) is 7.22. The van der Waals surface area contributed by atoms with Crippen molar-refractivity contribution in [2.75, 3.05) is 11.9 Å². The Morgan fingerprint density at radius 2 is 1.82 bits per heavy atom. The van der Waals surface area contributed by atoms with E-state index >= 15 is 0 Å². The molecule has 0 aliphatic rings. The minimum Gasteiger partial charge on any atom is -0.493 e. The average molecular weight is 409 g/mol. The van der Waals surface area contributed by atoms with Gasteiger partial charge in [-0.2, -0.15) is 0 Å². The first kappa shape index (κ1) is 16.8. The fraction of sp³-hybridized carbons (Fsp3) is 0.278. The number of carbonyl (C=O) groups excluding carboxylic acids is 1. The summed E-state index contributed by atoms with van der Waals surface area (Å²) in [6, 6.07) is 12.0. The maximum atomic E-state index is 12.0. The van der Waals surface area contributed by atoms with Crippen molar-refractivity contribution in [3.8, 4) is 5.75 Å². The van der Waals surface area contributed by atoms with Gasteiger partial charge in [0.2, 0.25) is 5.91 Å². The second-order valence-electron chi connectivity index (χ2n) is 5.38. The van der Waals surface area contributed by atoms with Crippen LogP contribution in [0, 0.1) is 24.3 Å². The van der Waals surface area contributed by atoms with Crippen molar-refractivity contribution in [3.05, 3.63) is 56.7 Å². The Morgan fingerprint density at radius 3 is 2.55 bits per heavy atom. The Morgan fingerprint density at radius 1 is 1.09 bits per heavy atom. The van der Waals surface area contributed by atoms with Gasteiger partial charge < -0.3 is 10.1 Å². The molecule has 2 aromatic rings. The quantitative estimate of drug-likeness (QED) is 0.732. The van der Waals surface area contributed by atoms with Gasteiger partial charge in [0, 0.05) is 9.26 Å². The van der Waals surface area contributed by atoms with E-state index in [9.17, 15) is 4.79 Å². The normalized spacial score (nSPS) is 10.4. The lowest BCUT2D eigenvalue weighted by Gasteiger charge is -2.10. The lowest BCUT2D eigenvalue weighted by atomic mass is 10.1. The summed E-state index contributed by atoms with van der Waals surface area (Å²) in [7, 11) is 0. The summed E-state index contributed by atoms with van der Waals surface area (Å²) in [6.07, 6.45) is 0.331. The molecule has 3 nitrogen and oxygen atoms in total. The maximum Gasteiger partial charge on any atom is 0.227 e. The number of amides is 1. The van der Waals surface area contributed by atoms with Crippen LogP contribution in [0.25, 0.3) is 0 Å². The summed E-state index contributed by atoms with van der Waals surface area (Å²) >= 11 is 2.26. The molecule has 1 amide bonds. The summed E-state index contributed by atoms with van der Waals surface area (Å²) in [4.78, 5) is 12.0. The molecule has 0 heterocycles. The summed E-state index contributed by atoms with van der Waals surface area (Å²) in [5, 5.41) is 2.90. The van der Waals surface area contributed by atoms with Crippen molar-refractivity contribution in [1.82, 2.24) is 0 Å². The van der Waals surface area contributed by atoms with E-state index in [-0.39, 0.29) is 5.91 Å². The molecule has 0 fully saturated rings. The molecule has 116 valence electrons. The number of nitrogens with one attached hydrogen (secondary N) is 1. The Balaban J connectivity index is 1.85. The van der Waals surface area contributed by atoms with Crippen LogP contribution in [0.3, 0.4) is 0 Å². The van der Waals surface area contributed by atoms with Crippen LogP contribution in [0.5, 0.6) is 5.75 Å². The maximum absolute atomic E-state index is 12.0. The second-order valence-corrected chi connectivity index (χ2v) is 6.54. The molecule has 2 aromatic carbocycles. The number of ether oxygens (including phenoxy) is 1. The van der Waals surface area contributed by atoms with Gasteiger partial charge in [-0.25, -0.2) is 0 Å². The van der Waals surface area contributed by atoms with Crippen LogP contribution in [0.15, 0.2) is 36.4 Å². The Kier molecular flexibility index (Phi) is 5.83. The van der Waals surface area contributed by atoms with E-state index in [1.165, 1.54) is 5.56 Å². The summed E-state index contributed by atoms with van der Waals surface area (Å²) in [5.41, 5.74) is 4.27. The van der Waals surface area contributed by atoms with Crippen molar-refractivity contribution in [1.29, 1.82) is 0 Å². The Labute approximate surface area is 145 Å². The van der Waals surface area contributed by atoms with Crippen LogP contribution in [-0.4, -0.2) is 12.5 Å². The van der Waals surface area contributed by atoms with Gasteiger partial charge in [0.1, 0.15) is 5.75 Å². The molecule has 0 aliphatic heterocycles. The van der Waals surface area contributed by atoms with Gasteiger partial charge in [-0.3, -0.25) is 4.79 Å². The number of hydrogen-bond acceptors (Lipinski definition) is 2. The zero-order valence-electron chi connectivity index (χ0n) is 13.1. The molecule has 0 bridgehead atoms. The van der Waals surface area contributed by atoms with E-state index in [1.54, 1.807) is 0 Å². The minimum atomic E-state index is -0.0371. The van der Waals surface area contributed by atoms with Crippen molar-refractivity contribution < 1.29 is 9.53 Å². The van der Waals surface area contributed by atoms with E-state index in [4.69, 9.17) is 4.74 Å². The van der Waals surface area contributed by atoms with E-state index < -0.39 is 0 Å². The monoisotopic (exact) mass is 409 g/mol. The second kappa shape index (κ2) is 7.63. The number of anilines is 1. The van der Waals surface area contributed by atoms with E-state index in [0.29, 0.717) is 13.0 Å². The number of rotatable bonds is 5. The van der Waals surface area contributed by atoms with E-state index in [1.807, 2.05) is 57.2 Å². The smallest absolute Gasteiger partial charge is 0.227 e. The Hall–Kier alpha value is -1.56. The molecular weight excluding hydrogens is 389 g/mol. The van der Waals surface area contributed by atoms with Gasteiger partial charge in [-0.05, 0) is 78.3 Å².